The average molecular weight is 212 g/mol. The molecule has 0 aliphatic carbocycles. The molecule has 2 fully saturated rings. The molecule has 5 nitrogen and oxygen atoms in total. The Balaban J connectivity index is 1.80. The van der Waals surface area contributed by atoms with Crippen molar-refractivity contribution in [2.45, 2.75) is 19.4 Å². The van der Waals surface area contributed by atoms with Gasteiger partial charge in [-0.1, -0.05) is 6.92 Å². The Kier molecular flexibility index (Phi) is 2.90. The number of piperidine rings is 1. The molecule has 5 heteroatoms. The third kappa shape index (κ3) is 2.47. The summed E-state index contributed by atoms with van der Waals surface area (Å²) in [5.74, 6) is 0.455. The maximum Gasteiger partial charge on any atom is 0.407 e. The standard InChI is InChI=1S/C10H16N2O3/c1-7-5-12(3-2-9(7)13)6-8-4-11-10(14)15-8/h7-8H,2-6H2,1H3,(H,11,14). The van der Waals surface area contributed by atoms with Crippen LogP contribution in [0, 0.1) is 5.92 Å². The van der Waals surface area contributed by atoms with Crippen LogP contribution in [0.15, 0.2) is 0 Å². The van der Waals surface area contributed by atoms with E-state index in [4.69, 9.17) is 4.74 Å². The summed E-state index contributed by atoms with van der Waals surface area (Å²) in [7, 11) is 0. The minimum absolute atomic E-state index is 0.0575. The molecule has 2 atom stereocenters. The number of nitrogens with zero attached hydrogens (tertiary/aromatic N) is 1. The zero-order valence-corrected chi connectivity index (χ0v) is 8.86. The number of likely N-dealkylation sites (tertiary alicyclic amines) is 1. The van der Waals surface area contributed by atoms with Crippen molar-refractivity contribution in [3.05, 3.63) is 0 Å². The predicted octanol–water partition coefficient (Wildman–Crippen LogP) is 0.00570. The molecule has 0 radical (unpaired) electrons. The minimum atomic E-state index is -0.332. The van der Waals surface area contributed by atoms with Crippen molar-refractivity contribution >= 4 is 11.9 Å². The highest BCUT2D eigenvalue weighted by atomic mass is 16.6. The van der Waals surface area contributed by atoms with Crippen LogP contribution < -0.4 is 5.32 Å². The molecule has 2 saturated heterocycles. The van der Waals surface area contributed by atoms with Gasteiger partial charge in [-0.15, -0.1) is 0 Å². The monoisotopic (exact) mass is 212 g/mol. The number of nitrogens with one attached hydrogen (secondary N) is 1. The van der Waals surface area contributed by atoms with Gasteiger partial charge in [0.2, 0.25) is 0 Å². The summed E-state index contributed by atoms with van der Waals surface area (Å²) < 4.78 is 5.05. The lowest BCUT2D eigenvalue weighted by atomic mass is 9.98. The molecule has 0 aromatic carbocycles. The summed E-state index contributed by atoms with van der Waals surface area (Å²) in [5, 5.41) is 2.62. The van der Waals surface area contributed by atoms with Crippen molar-refractivity contribution in [3.63, 3.8) is 0 Å². The van der Waals surface area contributed by atoms with Crippen LogP contribution >= 0.6 is 0 Å². The molecule has 15 heavy (non-hydrogen) atoms. The van der Waals surface area contributed by atoms with Crippen molar-refractivity contribution in [1.82, 2.24) is 10.2 Å². The van der Waals surface area contributed by atoms with Gasteiger partial charge in [0.15, 0.2) is 0 Å². The Hall–Kier alpha value is -1.10. The van der Waals surface area contributed by atoms with E-state index in [1.54, 1.807) is 0 Å². The van der Waals surface area contributed by atoms with E-state index in [0.717, 1.165) is 19.6 Å². The Morgan fingerprint density at radius 3 is 2.93 bits per heavy atom. The van der Waals surface area contributed by atoms with Crippen LogP contribution in [0.2, 0.25) is 0 Å². The van der Waals surface area contributed by atoms with Crippen LogP contribution in [0.25, 0.3) is 0 Å². The van der Waals surface area contributed by atoms with Crippen LogP contribution in [0.4, 0.5) is 4.79 Å². The second-order valence-corrected chi connectivity index (χ2v) is 4.29. The molecule has 0 aromatic rings. The van der Waals surface area contributed by atoms with Gasteiger partial charge in [0.25, 0.3) is 0 Å². The fraction of sp³-hybridized carbons (Fsp3) is 0.800. The van der Waals surface area contributed by atoms with E-state index in [1.807, 2.05) is 6.92 Å². The highest BCUT2D eigenvalue weighted by molar-refractivity contribution is 5.81. The van der Waals surface area contributed by atoms with Gasteiger partial charge in [-0.25, -0.2) is 4.79 Å². The summed E-state index contributed by atoms with van der Waals surface area (Å²) in [4.78, 5) is 24.3. The van der Waals surface area contributed by atoms with Crippen LogP contribution in [-0.2, 0) is 9.53 Å². The molecule has 2 aliphatic heterocycles. The van der Waals surface area contributed by atoms with E-state index in [0.29, 0.717) is 18.7 Å². The number of amides is 1. The molecule has 84 valence electrons. The maximum absolute atomic E-state index is 11.3. The van der Waals surface area contributed by atoms with Crippen molar-refractivity contribution in [3.8, 4) is 0 Å². The molecule has 2 rings (SSSR count). The van der Waals surface area contributed by atoms with E-state index < -0.39 is 0 Å². The van der Waals surface area contributed by atoms with E-state index >= 15 is 0 Å². The molecular formula is C10H16N2O3. The zero-order valence-electron chi connectivity index (χ0n) is 8.86. The van der Waals surface area contributed by atoms with E-state index in [2.05, 4.69) is 10.2 Å². The first kappa shape index (κ1) is 10.4. The van der Waals surface area contributed by atoms with Crippen molar-refractivity contribution in [2.75, 3.05) is 26.2 Å². The Morgan fingerprint density at radius 2 is 2.33 bits per heavy atom. The van der Waals surface area contributed by atoms with Gasteiger partial charge < -0.3 is 10.1 Å². The van der Waals surface area contributed by atoms with Gasteiger partial charge in [0.1, 0.15) is 11.9 Å². The summed E-state index contributed by atoms with van der Waals surface area (Å²) >= 11 is 0. The number of alkyl carbamates (subject to hydrolysis) is 1. The number of rotatable bonds is 2. The van der Waals surface area contributed by atoms with Gasteiger partial charge in [0, 0.05) is 32.0 Å². The SMILES string of the molecule is CC1CN(CC2CNC(=O)O2)CCC1=O. The number of carbonyl (C=O) groups excluding carboxylic acids is 2. The second kappa shape index (κ2) is 4.18. The highest BCUT2D eigenvalue weighted by Crippen LogP contribution is 2.13. The number of cyclic esters (lactones) is 1. The molecular weight excluding hydrogens is 196 g/mol. The number of hydrogen-bond donors (Lipinski definition) is 1. The first-order valence-corrected chi connectivity index (χ1v) is 5.34. The third-order valence-electron chi connectivity index (χ3n) is 2.97. The first-order chi connectivity index (χ1) is 7.15. The Bertz CT molecular complexity index is 280. The quantitative estimate of drug-likeness (QED) is 0.700. The number of Topliss-reactive ketones (excluding diaryl/α,β-unsaturated/α-hetero) is 1. The summed E-state index contributed by atoms with van der Waals surface area (Å²) in [6.07, 6.45) is 0.231. The van der Waals surface area contributed by atoms with E-state index in [9.17, 15) is 9.59 Å². The number of carbonyl (C=O) groups is 2. The lowest BCUT2D eigenvalue weighted by molar-refractivity contribution is -0.125. The van der Waals surface area contributed by atoms with E-state index in [1.165, 1.54) is 0 Å². The lowest BCUT2D eigenvalue weighted by Gasteiger charge is -2.30. The molecule has 0 bridgehead atoms. The molecule has 1 N–H and O–H groups in total. The molecule has 1 amide bonds. The number of ether oxygens (including phenoxy) is 1. The van der Waals surface area contributed by atoms with Crippen molar-refractivity contribution < 1.29 is 14.3 Å². The van der Waals surface area contributed by atoms with Gasteiger partial charge in [0.05, 0.1) is 6.54 Å². The smallest absolute Gasteiger partial charge is 0.407 e. The average Bonchev–Trinajstić information content (AvgIpc) is 2.58. The van der Waals surface area contributed by atoms with Crippen molar-refractivity contribution in [1.29, 1.82) is 0 Å². The summed E-state index contributed by atoms with van der Waals surface area (Å²) in [6.45, 7) is 4.84. The first-order valence-electron chi connectivity index (χ1n) is 5.34. The van der Waals surface area contributed by atoms with Crippen LogP contribution in [0.3, 0.4) is 0 Å². The Morgan fingerprint density at radius 1 is 1.53 bits per heavy atom. The maximum atomic E-state index is 11.3. The van der Waals surface area contributed by atoms with Crippen LogP contribution in [0.5, 0.6) is 0 Å². The van der Waals surface area contributed by atoms with Crippen LogP contribution in [0.1, 0.15) is 13.3 Å². The third-order valence-corrected chi connectivity index (χ3v) is 2.97. The fourth-order valence-electron chi connectivity index (χ4n) is 2.08. The predicted molar refractivity (Wildman–Crippen MR) is 53.5 cm³/mol. The zero-order chi connectivity index (χ0) is 10.8. The number of ketones is 1. The molecule has 0 aromatic heterocycles. The van der Waals surface area contributed by atoms with Gasteiger partial charge in [-0.2, -0.15) is 0 Å². The molecule has 2 unspecified atom stereocenters. The molecule has 2 heterocycles. The molecule has 0 saturated carbocycles. The van der Waals surface area contributed by atoms with Gasteiger partial charge in [-0.05, 0) is 0 Å². The topological polar surface area (TPSA) is 58.6 Å². The molecule has 2 aliphatic rings. The van der Waals surface area contributed by atoms with Gasteiger partial charge in [-0.3, -0.25) is 9.69 Å². The molecule has 0 spiro atoms. The normalized spacial score (nSPS) is 32.6. The largest absolute Gasteiger partial charge is 0.443 e. The highest BCUT2D eigenvalue weighted by Gasteiger charge is 2.29. The summed E-state index contributed by atoms with van der Waals surface area (Å²) in [5.41, 5.74) is 0. The fourth-order valence-corrected chi connectivity index (χ4v) is 2.08. The summed E-state index contributed by atoms with van der Waals surface area (Å²) in [6, 6.07) is 0. The minimum Gasteiger partial charge on any atom is -0.443 e. The number of hydrogen-bond acceptors (Lipinski definition) is 4. The van der Waals surface area contributed by atoms with E-state index in [-0.39, 0.29) is 18.1 Å². The van der Waals surface area contributed by atoms with Gasteiger partial charge >= 0.3 is 6.09 Å². The lowest BCUT2D eigenvalue weighted by Crippen LogP contribution is -2.43. The second-order valence-electron chi connectivity index (χ2n) is 4.29. The van der Waals surface area contributed by atoms with Crippen LogP contribution in [-0.4, -0.2) is 49.1 Å². The van der Waals surface area contributed by atoms with Crippen molar-refractivity contribution in [2.24, 2.45) is 5.92 Å². The Labute approximate surface area is 88.8 Å².